The molecule has 3 aliphatic heterocycles. The van der Waals surface area contributed by atoms with Crippen molar-refractivity contribution in [2.75, 3.05) is 26.8 Å². The first kappa shape index (κ1) is 27.4. The highest BCUT2D eigenvalue weighted by Gasteiger charge is 2.42. The molecule has 1 saturated heterocycles. The van der Waals surface area contributed by atoms with Crippen LogP contribution in [-0.4, -0.2) is 64.5 Å². The zero-order valence-electron chi connectivity index (χ0n) is 21.5. The molecule has 0 unspecified atom stereocenters. The average Bonchev–Trinajstić information content (AvgIpc) is 3.33. The summed E-state index contributed by atoms with van der Waals surface area (Å²) in [6, 6.07) is 5.33. The number of hydrogen-bond acceptors (Lipinski definition) is 10. The predicted molar refractivity (Wildman–Crippen MR) is 141 cm³/mol. The van der Waals surface area contributed by atoms with Crippen molar-refractivity contribution >= 4 is 40.5 Å². The monoisotopic (exact) mass is 542 g/mol. The number of nitro groups is 1. The summed E-state index contributed by atoms with van der Waals surface area (Å²) in [5.74, 6) is -1.33. The van der Waals surface area contributed by atoms with Crippen LogP contribution in [-0.2, 0) is 23.9 Å². The second-order valence-electron chi connectivity index (χ2n) is 9.06. The number of benzene rings is 1. The summed E-state index contributed by atoms with van der Waals surface area (Å²) in [5.41, 5.74) is 2.11. The largest absolute Gasteiger partial charge is 0.466 e. The summed E-state index contributed by atoms with van der Waals surface area (Å²) in [5, 5.41) is 13.7. The van der Waals surface area contributed by atoms with Crippen molar-refractivity contribution in [1.29, 1.82) is 0 Å². The maximum Gasteiger partial charge on any atom is 0.338 e. The van der Waals surface area contributed by atoms with Crippen molar-refractivity contribution in [2.24, 2.45) is 10.9 Å². The molecule has 0 radical (unpaired) electrons. The Morgan fingerprint density at radius 2 is 1.95 bits per heavy atom. The summed E-state index contributed by atoms with van der Waals surface area (Å²) in [6.45, 7) is 4.80. The third-order valence-corrected chi connectivity index (χ3v) is 7.66. The van der Waals surface area contributed by atoms with E-state index >= 15 is 0 Å². The standard InChI is InChI=1S/C26H30N4O7S/c1-4-20-22(25(33)36-3)23(16-8-10-18(11-9-16)30(34)35)29-19(15-38-26(29)27-20)13-21(31)28-12-6-7-17(14-28)24(32)37-5-2/h8-11,15,17,23H,4-7,12-14H2,1-3H3/t17-,23+/m0/s1. The molecule has 12 heteroatoms. The van der Waals surface area contributed by atoms with Gasteiger partial charge in [0, 0.05) is 30.9 Å². The number of hydrogen-bond donors (Lipinski definition) is 0. The number of thioether (sulfide) groups is 1. The molecule has 4 rings (SSSR count). The number of carbonyl (C=O) groups excluding carboxylic acids is 3. The van der Waals surface area contributed by atoms with Crippen LogP contribution < -0.4 is 0 Å². The van der Waals surface area contributed by atoms with Gasteiger partial charge in [-0.3, -0.25) is 19.7 Å². The molecular formula is C26H30N4O7S. The molecule has 0 aliphatic carbocycles. The number of amides is 1. The number of likely N-dealkylation sites (tertiary alicyclic amines) is 1. The van der Waals surface area contributed by atoms with Gasteiger partial charge in [-0.1, -0.05) is 18.7 Å². The van der Waals surface area contributed by atoms with Crippen molar-refractivity contribution in [3.63, 3.8) is 0 Å². The van der Waals surface area contributed by atoms with Gasteiger partial charge in [-0.2, -0.15) is 0 Å². The van der Waals surface area contributed by atoms with Crippen molar-refractivity contribution in [3.05, 3.63) is 62.3 Å². The molecule has 3 aliphatic rings. The van der Waals surface area contributed by atoms with Crippen LogP contribution in [0, 0.1) is 16.0 Å². The van der Waals surface area contributed by atoms with Gasteiger partial charge in [0.05, 0.1) is 48.3 Å². The number of nitrogens with zero attached hydrogens (tertiary/aromatic N) is 4. The average molecular weight is 543 g/mol. The van der Waals surface area contributed by atoms with E-state index in [4.69, 9.17) is 14.5 Å². The van der Waals surface area contributed by atoms with Gasteiger partial charge in [0.1, 0.15) is 0 Å². The first-order chi connectivity index (χ1) is 18.3. The van der Waals surface area contributed by atoms with Crippen LogP contribution in [0.5, 0.6) is 0 Å². The van der Waals surface area contributed by atoms with E-state index in [1.807, 2.05) is 17.2 Å². The molecule has 0 spiro atoms. The van der Waals surface area contributed by atoms with Crippen LogP contribution in [0.1, 0.15) is 51.1 Å². The Balaban J connectivity index is 1.64. The lowest BCUT2D eigenvalue weighted by atomic mass is 9.92. The first-order valence-electron chi connectivity index (χ1n) is 12.5. The maximum absolute atomic E-state index is 13.4. The first-order valence-corrected chi connectivity index (χ1v) is 13.4. The number of esters is 2. The Morgan fingerprint density at radius 3 is 2.58 bits per heavy atom. The number of nitro benzene ring substituents is 1. The van der Waals surface area contributed by atoms with Gasteiger partial charge in [0.2, 0.25) is 5.91 Å². The number of methoxy groups -OCH3 is 1. The second-order valence-corrected chi connectivity index (χ2v) is 9.89. The summed E-state index contributed by atoms with van der Waals surface area (Å²) >= 11 is 1.36. The molecule has 1 aromatic rings. The van der Waals surface area contributed by atoms with Gasteiger partial charge in [-0.15, -0.1) is 0 Å². The minimum absolute atomic E-state index is 0.0426. The number of amidine groups is 1. The van der Waals surface area contributed by atoms with E-state index in [0.29, 0.717) is 66.7 Å². The molecule has 0 aromatic heterocycles. The van der Waals surface area contributed by atoms with E-state index in [1.54, 1.807) is 24.0 Å². The number of piperidine rings is 1. The number of ether oxygens (including phenoxy) is 2. The molecule has 1 fully saturated rings. The molecule has 1 aromatic carbocycles. The van der Waals surface area contributed by atoms with Crippen LogP contribution in [0.15, 0.2) is 51.6 Å². The summed E-state index contributed by atoms with van der Waals surface area (Å²) in [7, 11) is 1.30. The van der Waals surface area contributed by atoms with Crippen LogP contribution in [0.25, 0.3) is 0 Å². The summed E-state index contributed by atoms with van der Waals surface area (Å²) < 4.78 is 10.3. The molecule has 1 amide bonds. The highest BCUT2D eigenvalue weighted by atomic mass is 32.2. The van der Waals surface area contributed by atoms with Crippen molar-refractivity contribution < 1.29 is 28.8 Å². The van der Waals surface area contributed by atoms with Crippen LogP contribution in [0.4, 0.5) is 5.69 Å². The van der Waals surface area contributed by atoms with E-state index in [-0.39, 0.29) is 29.9 Å². The Hall–Kier alpha value is -3.67. The number of carbonyl (C=O) groups is 3. The number of aliphatic imine (C=N–C) groups is 1. The molecule has 202 valence electrons. The fourth-order valence-corrected chi connectivity index (χ4v) is 5.87. The Bertz CT molecular complexity index is 1220. The minimum atomic E-state index is -0.673. The number of rotatable bonds is 8. The Kier molecular flexibility index (Phi) is 8.50. The van der Waals surface area contributed by atoms with Gasteiger partial charge in [-0.05, 0) is 49.3 Å². The second kappa shape index (κ2) is 11.8. The minimum Gasteiger partial charge on any atom is -0.466 e. The van der Waals surface area contributed by atoms with Crippen molar-refractivity contribution in [1.82, 2.24) is 9.80 Å². The fraction of sp³-hybridized carbons (Fsp3) is 0.462. The van der Waals surface area contributed by atoms with Crippen molar-refractivity contribution in [2.45, 2.75) is 45.6 Å². The molecular weight excluding hydrogens is 512 g/mol. The molecule has 38 heavy (non-hydrogen) atoms. The van der Waals surface area contributed by atoms with Gasteiger partial charge < -0.3 is 19.3 Å². The third kappa shape index (κ3) is 5.45. The van der Waals surface area contributed by atoms with E-state index in [2.05, 4.69) is 0 Å². The smallest absolute Gasteiger partial charge is 0.338 e. The molecule has 3 heterocycles. The van der Waals surface area contributed by atoms with Gasteiger partial charge in [-0.25, -0.2) is 9.79 Å². The molecule has 2 atom stereocenters. The Labute approximate surface area is 224 Å². The van der Waals surface area contributed by atoms with E-state index in [0.717, 1.165) is 0 Å². The summed E-state index contributed by atoms with van der Waals surface area (Å²) in [6.07, 6.45) is 1.91. The number of allylic oxidation sites excluding steroid dienone is 1. The van der Waals surface area contributed by atoms with Crippen LogP contribution in [0.2, 0.25) is 0 Å². The molecule has 11 nitrogen and oxygen atoms in total. The quantitative estimate of drug-likeness (QED) is 0.272. The number of non-ortho nitro benzene ring substituents is 1. The van der Waals surface area contributed by atoms with Crippen LogP contribution >= 0.6 is 11.8 Å². The highest BCUT2D eigenvalue weighted by Crippen LogP contribution is 2.45. The predicted octanol–water partition coefficient (Wildman–Crippen LogP) is 3.92. The van der Waals surface area contributed by atoms with Gasteiger partial charge >= 0.3 is 11.9 Å². The molecule has 0 N–H and O–H groups in total. The topological polar surface area (TPSA) is 132 Å². The lowest BCUT2D eigenvalue weighted by molar-refractivity contribution is -0.384. The SMILES string of the molecule is CCOC(=O)[C@H]1CCCN(C(=O)CC2=CSC3=NC(CC)=C(C(=O)OC)[C@@H](c4ccc([N+](=O)[O-])cc4)N23)C1. The number of fused-ring (bicyclic) bond motifs is 1. The van der Waals surface area contributed by atoms with E-state index in [9.17, 15) is 24.5 Å². The lowest BCUT2D eigenvalue weighted by Gasteiger charge is -2.37. The highest BCUT2D eigenvalue weighted by molar-refractivity contribution is 8.16. The molecule has 0 saturated carbocycles. The third-order valence-electron chi connectivity index (χ3n) is 6.78. The normalized spacial score (nSPS) is 20.9. The Morgan fingerprint density at radius 1 is 1.21 bits per heavy atom. The van der Waals surface area contributed by atoms with Gasteiger partial charge in [0.15, 0.2) is 5.17 Å². The van der Waals surface area contributed by atoms with Gasteiger partial charge in [0.25, 0.3) is 5.69 Å². The fourth-order valence-electron chi connectivity index (χ4n) is 4.93. The lowest BCUT2D eigenvalue weighted by Crippen LogP contribution is -2.44. The molecule has 0 bridgehead atoms. The summed E-state index contributed by atoms with van der Waals surface area (Å²) in [4.78, 5) is 57.6. The zero-order valence-corrected chi connectivity index (χ0v) is 22.4. The van der Waals surface area contributed by atoms with Crippen LogP contribution in [0.3, 0.4) is 0 Å². The zero-order chi connectivity index (χ0) is 27.4. The van der Waals surface area contributed by atoms with E-state index in [1.165, 1.54) is 31.0 Å². The maximum atomic E-state index is 13.4. The van der Waals surface area contributed by atoms with E-state index < -0.39 is 16.9 Å². The van der Waals surface area contributed by atoms with Crippen molar-refractivity contribution in [3.8, 4) is 0 Å².